The van der Waals surface area contributed by atoms with Gasteiger partial charge in [-0.05, 0) is 31.4 Å². The minimum atomic E-state index is 0.460. The zero-order valence-corrected chi connectivity index (χ0v) is 17.6. The number of anilines is 3. The Morgan fingerprint density at radius 1 is 1.07 bits per heavy atom. The Hall–Kier alpha value is -3.16. The lowest BCUT2D eigenvalue weighted by Gasteiger charge is -2.23. The van der Waals surface area contributed by atoms with Crippen molar-refractivity contribution in [2.45, 2.75) is 51.5 Å². The maximum absolute atomic E-state index is 4.87. The third-order valence-corrected chi connectivity index (χ3v) is 5.94. The fourth-order valence-electron chi connectivity index (χ4n) is 4.32. The molecule has 30 heavy (non-hydrogen) atoms. The summed E-state index contributed by atoms with van der Waals surface area (Å²) < 4.78 is 4.27. The molecular formula is C22H28N8. The summed E-state index contributed by atoms with van der Waals surface area (Å²) in [5, 5.41) is 6.77. The first kappa shape index (κ1) is 18.8. The molecule has 8 nitrogen and oxygen atoms in total. The van der Waals surface area contributed by atoms with Crippen LogP contribution in [-0.2, 0) is 7.05 Å². The van der Waals surface area contributed by atoms with Crippen LogP contribution in [-0.4, -0.2) is 35.6 Å². The second-order valence-corrected chi connectivity index (χ2v) is 8.05. The Labute approximate surface area is 175 Å². The summed E-state index contributed by atoms with van der Waals surface area (Å²) in [4.78, 5) is 19.0. The third-order valence-electron chi connectivity index (χ3n) is 5.94. The van der Waals surface area contributed by atoms with E-state index in [4.69, 9.17) is 15.0 Å². The van der Waals surface area contributed by atoms with E-state index in [2.05, 4.69) is 33.2 Å². The van der Waals surface area contributed by atoms with Crippen molar-refractivity contribution in [2.24, 2.45) is 7.05 Å². The predicted molar refractivity (Wildman–Crippen MR) is 120 cm³/mol. The molecule has 1 fully saturated rings. The molecule has 8 heteroatoms. The lowest BCUT2D eigenvalue weighted by atomic mass is 9.95. The van der Waals surface area contributed by atoms with Gasteiger partial charge >= 0.3 is 0 Å². The summed E-state index contributed by atoms with van der Waals surface area (Å²) in [6, 6.07) is 8.55. The Morgan fingerprint density at radius 2 is 1.90 bits per heavy atom. The van der Waals surface area contributed by atoms with Gasteiger partial charge in [0.05, 0.1) is 17.4 Å². The van der Waals surface area contributed by atoms with Crippen LogP contribution in [0.1, 0.15) is 51.5 Å². The van der Waals surface area contributed by atoms with E-state index in [1.165, 1.54) is 32.1 Å². The third kappa shape index (κ3) is 3.36. The average molecular weight is 405 g/mol. The number of fused-ring (bicyclic) bond motifs is 2. The van der Waals surface area contributed by atoms with Crippen LogP contribution in [0.15, 0.2) is 30.6 Å². The van der Waals surface area contributed by atoms with Gasteiger partial charge in [-0.15, -0.1) is 0 Å². The highest BCUT2D eigenvalue weighted by molar-refractivity contribution is 5.85. The molecule has 1 aromatic carbocycles. The number of aryl methyl sites for hydroxylation is 1. The van der Waals surface area contributed by atoms with Crippen molar-refractivity contribution in [3.8, 4) is 0 Å². The van der Waals surface area contributed by atoms with Gasteiger partial charge < -0.3 is 14.5 Å². The zero-order chi connectivity index (χ0) is 20.5. The van der Waals surface area contributed by atoms with Gasteiger partial charge in [0.1, 0.15) is 0 Å². The first-order valence-electron chi connectivity index (χ1n) is 10.9. The van der Waals surface area contributed by atoms with E-state index in [-0.39, 0.29) is 0 Å². The molecule has 1 saturated carbocycles. The summed E-state index contributed by atoms with van der Waals surface area (Å²) in [5.74, 6) is 2.04. The topological polar surface area (TPSA) is 85.5 Å². The fraction of sp³-hybridized carbons (Fsp3) is 0.455. The van der Waals surface area contributed by atoms with Gasteiger partial charge in [0.25, 0.3) is 0 Å². The molecule has 2 N–H and O–H groups in total. The number of rotatable bonds is 6. The summed E-state index contributed by atoms with van der Waals surface area (Å²) in [6.07, 6.45) is 9.17. The number of nitrogens with one attached hydrogen (secondary N) is 2. The fourth-order valence-corrected chi connectivity index (χ4v) is 4.32. The average Bonchev–Trinajstić information content (AvgIpc) is 3.34. The van der Waals surface area contributed by atoms with Crippen molar-refractivity contribution >= 4 is 39.9 Å². The Bertz CT molecular complexity index is 1170. The normalized spacial score (nSPS) is 15.1. The highest BCUT2D eigenvalue weighted by atomic mass is 15.3. The minimum Gasteiger partial charge on any atom is -0.368 e. The molecule has 0 aliphatic heterocycles. The largest absolute Gasteiger partial charge is 0.368 e. The van der Waals surface area contributed by atoms with Crippen LogP contribution in [0.25, 0.3) is 22.2 Å². The highest BCUT2D eigenvalue weighted by Crippen LogP contribution is 2.32. The van der Waals surface area contributed by atoms with E-state index in [0.717, 1.165) is 46.9 Å². The first-order chi connectivity index (χ1) is 14.7. The zero-order valence-electron chi connectivity index (χ0n) is 17.6. The number of benzene rings is 1. The van der Waals surface area contributed by atoms with Gasteiger partial charge in [0.15, 0.2) is 17.0 Å². The van der Waals surface area contributed by atoms with E-state index in [1.807, 2.05) is 36.1 Å². The number of para-hydroxylation sites is 2. The molecule has 156 valence electrons. The summed E-state index contributed by atoms with van der Waals surface area (Å²) in [5.41, 5.74) is 3.74. The molecule has 0 unspecified atom stereocenters. The second kappa shape index (κ2) is 7.93. The number of hydrogen-bond acceptors (Lipinski definition) is 6. The standard InChI is InChI=1S/C22H28N8/c1-3-13-23-19-18-20(30(14-24-18)15-9-5-4-6-10-15)27-21(26-19)28-22-25-16-11-7-8-12-17(16)29(22)2/h7-8,11-12,14-15H,3-6,9-10,13H2,1-2H3,(H2,23,25,26,27,28). The van der Waals surface area contributed by atoms with Gasteiger partial charge in [0.2, 0.25) is 11.9 Å². The predicted octanol–water partition coefficient (Wildman–Crippen LogP) is 4.78. The molecule has 5 rings (SSSR count). The Balaban J connectivity index is 1.57. The van der Waals surface area contributed by atoms with E-state index >= 15 is 0 Å². The van der Waals surface area contributed by atoms with Gasteiger partial charge in [-0.3, -0.25) is 5.32 Å². The quantitative estimate of drug-likeness (QED) is 0.481. The monoisotopic (exact) mass is 404 g/mol. The maximum Gasteiger partial charge on any atom is 0.233 e. The molecule has 0 spiro atoms. The van der Waals surface area contributed by atoms with Gasteiger partial charge in [0, 0.05) is 19.6 Å². The molecule has 0 amide bonds. The molecule has 0 radical (unpaired) electrons. The smallest absolute Gasteiger partial charge is 0.233 e. The summed E-state index contributed by atoms with van der Waals surface area (Å²) >= 11 is 0. The lowest BCUT2D eigenvalue weighted by Crippen LogP contribution is -2.13. The molecule has 1 aliphatic rings. The van der Waals surface area contributed by atoms with Crippen LogP contribution in [0.5, 0.6) is 0 Å². The molecule has 4 aromatic rings. The summed E-state index contributed by atoms with van der Waals surface area (Å²) in [6.45, 7) is 2.98. The Morgan fingerprint density at radius 3 is 2.70 bits per heavy atom. The van der Waals surface area contributed by atoms with Crippen LogP contribution in [0.2, 0.25) is 0 Å². The van der Waals surface area contributed by atoms with E-state index in [9.17, 15) is 0 Å². The van der Waals surface area contributed by atoms with Crippen molar-refractivity contribution in [3.63, 3.8) is 0 Å². The SMILES string of the molecule is CCCNc1nc(Nc2nc3ccccc3n2C)nc2c1ncn2C1CCCCC1. The van der Waals surface area contributed by atoms with Crippen LogP contribution in [0.3, 0.4) is 0 Å². The van der Waals surface area contributed by atoms with Crippen molar-refractivity contribution < 1.29 is 0 Å². The van der Waals surface area contributed by atoms with Crippen molar-refractivity contribution in [1.29, 1.82) is 0 Å². The minimum absolute atomic E-state index is 0.460. The van der Waals surface area contributed by atoms with Crippen LogP contribution >= 0.6 is 0 Å². The van der Waals surface area contributed by atoms with E-state index < -0.39 is 0 Å². The van der Waals surface area contributed by atoms with Crippen LogP contribution in [0.4, 0.5) is 17.7 Å². The molecule has 3 aromatic heterocycles. The maximum atomic E-state index is 4.87. The van der Waals surface area contributed by atoms with E-state index in [1.54, 1.807) is 0 Å². The number of imidazole rings is 2. The number of hydrogen-bond donors (Lipinski definition) is 2. The summed E-state index contributed by atoms with van der Waals surface area (Å²) in [7, 11) is 2.00. The first-order valence-corrected chi connectivity index (χ1v) is 10.9. The van der Waals surface area contributed by atoms with Gasteiger partial charge in [-0.2, -0.15) is 9.97 Å². The Kier molecular flexibility index (Phi) is 4.98. The number of aromatic nitrogens is 6. The van der Waals surface area contributed by atoms with E-state index in [0.29, 0.717) is 12.0 Å². The lowest BCUT2D eigenvalue weighted by molar-refractivity contribution is 0.358. The molecule has 0 atom stereocenters. The van der Waals surface area contributed by atoms with Crippen molar-refractivity contribution in [3.05, 3.63) is 30.6 Å². The van der Waals surface area contributed by atoms with Gasteiger partial charge in [-0.1, -0.05) is 38.3 Å². The van der Waals surface area contributed by atoms with Crippen LogP contribution < -0.4 is 10.6 Å². The van der Waals surface area contributed by atoms with Gasteiger partial charge in [-0.25, -0.2) is 9.97 Å². The highest BCUT2D eigenvalue weighted by Gasteiger charge is 2.21. The number of nitrogens with zero attached hydrogens (tertiary/aromatic N) is 6. The second-order valence-electron chi connectivity index (χ2n) is 8.05. The molecule has 0 saturated heterocycles. The molecule has 1 aliphatic carbocycles. The van der Waals surface area contributed by atoms with Crippen LogP contribution in [0, 0.1) is 0 Å². The van der Waals surface area contributed by atoms with Crippen molar-refractivity contribution in [1.82, 2.24) is 29.1 Å². The van der Waals surface area contributed by atoms with Crippen molar-refractivity contribution in [2.75, 3.05) is 17.2 Å². The molecule has 0 bridgehead atoms. The molecule has 3 heterocycles. The molecular weight excluding hydrogens is 376 g/mol.